The van der Waals surface area contributed by atoms with Crippen LogP contribution in [0.5, 0.6) is 0 Å². The first-order valence-electron chi connectivity index (χ1n) is 5.10. The van der Waals surface area contributed by atoms with Gasteiger partial charge in [0.1, 0.15) is 0 Å². The summed E-state index contributed by atoms with van der Waals surface area (Å²) in [6, 6.07) is 10.7. The second kappa shape index (κ2) is 5.12. The van der Waals surface area contributed by atoms with E-state index in [1.165, 1.54) is 6.07 Å². The highest BCUT2D eigenvalue weighted by molar-refractivity contribution is 5.86. The molecule has 0 unspecified atom stereocenters. The van der Waals surface area contributed by atoms with Gasteiger partial charge in [-0.2, -0.15) is 5.26 Å². The predicted octanol–water partition coefficient (Wildman–Crippen LogP) is 1.53. The van der Waals surface area contributed by atoms with E-state index in [-0.39, 0.29) is 0 Å². The van der Waals surface area contributed by atoms with E-state index in [1.54, 1.807) is 18.2 Å². The maximum atomic E-state index is 10.3. The molecule has 0 radical (unpaired) electrons. The van der Waals surface area contributed by atoms with Crippen molar-refractivity contribution in [1.82, 2.24) is 4.98 Å². The normalized spacial score (nSPS) is 9.94. The van der Waals surface area contributed by atoms with Crippen LogP contribution in [0.25, 0.3) is 10.9 Å². The Morgan fingerprint density at radius 2 is 2.28 bits per heavy atom. The van der Waals surface area contributed by atoms with E-state index in [2.05, 4.69) is 16.5 Å². The van der Waals surface area contributed by atoms with Gasteiger partial charge in [0.15, 0.2) is 12.4 Å². The molecule has 0 fully saturated rings. The van der Waals surface area contributed by atoms with Crippen LogP contribution in [0.4, 0.5) is 5.82 Å². The Morgan fingerprint density at radius 1 is 1.50 bits per heavy atom. The fourth-order valence-corrected chi connectivity index (χ4v) is 1.49. The number of para-hydroxylation sites is 1. The van der Waals surface area contributed by atoms with Crippen molar-refractivity contribution in [2.75, 3.05) is 12.1 Å². The second-order valence-electron chi connectivity index (χ2n) is 3.47. The number of nitrogens with one attached hydrogen (secondary N) is 1. The van der Waals surface area contributed by atoms with Gasteiger partial charge in [-0.05, 0) is 6.07 Å². The molecule has 6 nitrogen and oxygen atoms in total. The number of rotatable bonds is 4. The van der Waals surface area contributed by atoms with E-state index >= 15 is 0 Å². The molecule has 1 heterocycles. The third-order valence-electron chi connectivity index (χ3n) is 2.21. The largest absolute Gasteiger partial charge is 0.479 e. The highest BCUT2D eigenvalue weighted by atomic mass is 16.7. The Kier molecular flexibility index (Phi) is 3.36. The number of hydrogen-bond acceptors (Lipinski definition) is 5. The van der Waals surface area contributed by atoms with E-state index < -0.39 is 12.6 Å². The number of fused-ring (bicyclic) bond motifs is 1. The first-order chi connectivity index (χ1) is 8.70. The molecular formula is C12H9N3O3. The van der Waals surface area contributed by atoms with E-state index in [0.717, 1.165) is 5.39 Å². The summed E-state index contributed by atoms with van der Waals surface area (Å²) < 4.78 is 0. The molecule has 18 heavy (non-hydrogen) atoms. The fraction of sp³-hybridized carbons (Fsp3) is 0.0833. The minimum absolute atomic E-state index is 0.298. The van der Waals surface area contributed by atoms with Crippen molar-refractivity contribution < 1.29 is 14.7 Å². The molecule has 0 aliphatic heterocycles. The van der Waals surface area contributed by atoms with E-state index in [1.807, 2.05) is 6.07 Å². The second-order valence-corrected chi connectivity index (χ2v) is 3.47. The van der Waals surface area contributed by atoms with Gasteiger partial charge in [-0.1, -0.05) is 18.2 Å². The van der Waals surface area contributed by atoms with Crippen molar-refractivity contribution in [1.29, 1.82) is 5.26 Å². The third-order valence-corrected chi connectivity index (χ3v) is 2.21. The number of benzene rings is 1. The molecule has 0 saturated heterocycles. The smallest absolute Gasteiger partial charge is 0.332 e. The first kappa shape index (κ1) is 11.8. The lowest BCUT2D eigenvalue weighted by molar-refractivity contribution is -0.141. The molecule has 0 spiro atoms. The summed E-state index contributed by atoms with van der Waals surface area (Å²) in [6.45, 7) is -0.490. The lowest BCUT2D eigenvalue weighted by Crippen LogP contribution is -2.12. The monoisotopic (exact) mass is 243 g/mol. The Hall–Kier alpha value is -2.65. The summed E-state index contributed by atoms with van der Waals surface area (Å²) in [5.74, 6) is -0.796. The van der Waals surface area contributed by atoms with Crippen LogP contribution in [-0.4, -0.2) is 22.7 Å². The van der Waals surface area contributed by atoms with Crippen molar-refractivity contribution in [3.63, 3.8) is 0 Å². The number of carboxylic acids is 1. The standard InChI is InChI=1S/C12H9N3O3/c13-6-8-5-11(15-18-7-12(16)17)14-10-4-2-1-3-9(8)10/h1-5H,7H2,(H,14,15)(H,16,17). The number of aliphatic carboxylic acids is 1. The van der Waals surface area contributed by atoms with Gasteiger partial charge in [0, 0.05) is 11.5 Å². The van der Waals surface area contributed by atoms with Gasteiger partial charge in [-0.15, -0.1) is 0 Å². The molecule has 2 rings (SSSR count). The summed E-state index contributed by atoms with van der Waals surface area (Å²) in [6.07, 6.45) is 0. The van der Waals surface area contributed by atoms with Crippen LogP contribution >= 0.6 is 0 Å². The third kappa shape index (κ3) is 2.53. The van der Waals surface area contributed by atoms with E-state index in [9.17, 15) is 4.79 Å². The van der Waals surface area contributed by atoms with Gasteiger partial charge >= 0.3 is 5.97 Å². The highest BCUT2D eigenvalue weighted by Gasteiger charge is 2.05. The van der Waals surface area contributed by atoms with Crippen LogP contribution < -0.4 is 5.48 Å². The van der Waals surface area contributed by atoms with Gasteiger partial charge in [0.05, 0.1) is 17.1 Å². The van der Waals surface area contributed by atoms with Crippen LogP contribution in [0.15, 0.2) is 30.3 Å². The lowest BCUT2D eigenvalue weighted by Gasteiger charge is -2.06. The van der Waals surface area contributed by atoms with Crippen molar-refractivity contribution in [2.24, 2.45) is 0 Å². The molecule has 1 aromatic carbocycles. The minimum atomic E-state index is -1.09. The summed E-state index contributed by atoms with van der Waals surface area (Å²) in [5, 5.41) is 18.2. The van der Waals surface area contributed by atoms with Crippen molar-refractivity contribution in [3.05, 3.63) is 35.9 Å². The summed E-state index contributed by atoms with van der Waals surface area (Å²) in [4.78, 5) is 19.2. The number of anilines is 1. The van der Waals surface area contributed by atoms with Crippen molar-refractivity contribution in [3.8, 4) is 6.07 Å². The van der Waals surface area contributed by atoms with E-state index in [4.69, 9.17) is 15.2 Å². The van der Waals surface area contributed by atoms with Crippen molar-refractivity contribution in [2.45, 2.75) is 0 Å². The summed E-state index contributed by atoms with van der Waals surface area (Å²) >= 11 is 0. The molecule has 2 aromatic rings. The summed E-state index contributed by atoms with van der Waals surface area (Å²) in [7, 11) is 0. The van der Waals surface area contributed by atoms with Gasteiger partial charge in [-0.3, -0.25) is 4.84 Å². The molecule has 90 valence electrons. The lowest BCUT2D eigenvalue weighted by atomic mass is 10.1. The molecule has 0 amide bonds. The van der Waals surface area contributed by atoms with Crippen LogP contribution in [0.2, 0.25) is 0 Å². The average Bonchev–Trinajstić information content (AvgIpc) is 2.37. The van der Waals surface area contributed by atoms with Gasteiger partial charge < -0.3 is 5.11 Å². The number of carbonyl (C=O) groups is 1. The minimum Gasteiger partial charge on any atom is -0.479 e. The van der Waals surface area contributed by atoms with Crippen LogP contribution in [-0.2, 0) is 9.63 Å². The number of aromatic nitrogens is 1. The van der Waals surface area contributed by atoms with E-state index in [0.29, 0.717) is 16.9 Å². The molecule has 2 N–H and O–H groups in total. The van der Waals surface area contributed by atoms with Crippen molar-refractivity contribution >= 4 is 22.7 Å². The Labute approximate surface area is 102 Å². The summed E-state index contributed by atoms with van der Waals surface area (Å²) in [5.41, 5.74) is 3.48. The first-order valence-corrected chi connectivity index (χ1v) is 5.10. The Bertz CT molecular complexity index is 634. The highest BCUT2D eigenvalue weighted by Crippen LogP contribution is 2.19. The zero-order valence-corrected chi connectivity index (χ0v) is 9.25. The Balaban J connectivity index is 2.30. The predicted molar refractivity (Wildman–Crippen MR) is 63.7 cm³/mol. The number of nitrogens with zero attached hydrogens (tertiary/aromatic N) is 2. The quantitative estimate of drug-likeness (QED) is 0.791. The van der Waals surface area contributed by atoms with Crippen LogP contribution in [0.3, 0.4) is 0 Å². The number of hydrogen-bond donors (Lipinski definition) is 2. The average molecular weight is 243 g/mol. The molecule has 0 aliphatic rings. The molecule has 6 heteroatoms. The molecule has 1 aromatic heterocycles. The number of pyridine rings is 1. The number of nitriles is 1. The fourth-order valence-electron chi connectivity index (χ4n) is 1.49. The topological polar surface area (TPSA) is 95.2 Å². The van der Waals surface area contributed by atoms with Gasteiger partial charge in [0.25, 0.3) is 0 Å². The van der Waals surface area contributed by atoms with Crippen LogP contribution in [0.1, 0.15) is 5.56 Å². The maximum absolute atomic E-state index is 10.3. The maximum Gasteiger partial charge on any atom is 0.332 e. The molecule has 0 atom stereocenters. The zero-order chi connectivity index (χ0) is 13.0. The van der Waals surface area contributed by atoms with Gasteiger partial charge in [0.2, 0.25) is 0 Å². The molecular weight excluding hydrogens is 234 g/mol. The van der Waals surface area contributed by atoms with Gasteiger partial charge in [-0.25, -0.2) is 15.3 Å². The number of carboxylic acid groups (broad SMARTS) is 1. The van der Waals surface area contributed by atoms with Crippen LogP contribution in [0, 0.1) is 11.3 Å². The Morgan fingerprint density at radius 3 is 3.00 bits per heavy atom. The zero-order valence-electron chi connectivity index (χ0n) is 9.25. The molecule has 0 saturated carbocycles. The molecule has 0 bridgehead atoms. The molecule has 0 aliphatic carbocycles. The SMILES string of the molecule is N#Cc1cc(NOCC(=O)O)nc2ccccc12.